The monoisotopic (exact) mass is 521 g/mol. The van der Waals surface area contributed by atoms with Gasteiger partial charge in [0.05, 0.1) is 0 Å². The van der Waals surface area contributed by atoms with Crippen molar-refractivity contribution in [3.05, 3.63) is 29.3 Å². The fourth-order valence-electron chi connectivity index (χ4n) is 4.08. The topological polar surface area (TPSA) is 108 Å². The molecule has 1 aliphatic rings. The first-order valence-electron chi connectivity index (χ1n) is 12.9. The maximum Gasteiger partial charge on any atom is 0.408 e. The zero-order chi connectivity index (χ0) is 26.9. The van der Waals surface area contributed by atoms with Crippen LogP contribution in [0, 0.1) is 6.92 Å². The average molecular weight is 522 g/mol. The van der Waals surface area contributed by atoms with Gasteiger partial charge in [-0.1, -0.05) is 19.4 Å². The molecule has 3 N–H and O–H groups in total. The summed E-state index contributed by atoms with van der Waals surface area (Å²) in [5.41, 5.74) is 0.571. The summed E-state index contributed by atoms with van der Waals surface area (Å²) in [6.07, 6.45) is 6.05. The fraction of sp³-hybridized carbons (Fsp3) is 0.667. The number of benzene rings is 1. The number of unbranched alkanes of at least 4 members (excludes halogenated alkanes) is 1. The SMILES string of the molecule is CCCCNC(=O)C(c1ccc(O)c(C)c1)N(C(=O)C(CCSC)NC(=O)OC(C)(C)C)C1CCC1. The Labute approximate surface area is 219 Å². The van der Waals surface area contributed by atoms with E-state index in [1.165, 1.54) is 0 Å². The number of aryl methyl sites for hydroxylation is 1. The highest BCUT2D eigenvalue weighted by Gasteiger charge is 2.41. The van der Waals surface area contributed by atoms with Gasteiger partial charge in [-0.3, -0.25) is 9.59 Å². The molecular weight excluding hydrogens is 478 g/mol. The minimum Gasteiger partial charge on any atom is -0.508 e. The number of hydrogen-bond donors (Lipinski definition) is 3. The Morgan fingerprint density at radius 2 is 1.94 bits per heavy atom. The van der Waals surface area contributed by atoms with Crippen LogP contribution in [0.1, 0.15) is 83.4 Å². The van der Waals surface area contributed by atoms with Crippen LogP contribution in [-0.2, 0) is 14.3 Å². The van der Waals surface area contributed by atoms with E-state index in [2.05, 4.69) is 17.6 Å². The second-order valence-electron chi connectivity index (χ2n) is 10.4. The fourth-order valence-corrected chi connectivity index (χ4v) is 4.55. The number of alkyl carbamates (subject to hydrolysis) is 1. The lowest BCUT2D eigenvalue weighted by Crippen LogP contribution is -2.57. The molecule has 0 spiro atoms. The first kappa shape index (κ1) is 29.8. The van der Waals surface area contributed by atoms with Crippen molar-refractivity contribution in [2.75, 3.05) is 18.6 Å². The number of aromatic hydroxyl groups is 1. The lowest BCUT2D eigenvalue weighted by Gasteiger charge is -2.43. The second-order valence-corrected chi connectivity index (χ2v) is 11.4. The van der Waals surface area contributed by atoms with E-state index < -0.39 is 23.8 Å². The number of amides is 3. The molecular formula is C27H43N3O5S. The largest absolute Gasteiger partial charge is 0.508 e. The van der Waals surface area contributed by atoms with Gasteiger partial charge in [-0.05, 0) is 95.1 Å². The summed E-state index contributed by atoms with van der Waals surface area (Å²) in [6.45, 7) is 9.66. The van der Waals surface area contributed by atoms with Crippen LogP contribution in [-0.4, -0.2) is 64.2 Å². The number of phenolic OH excluding ortho intramolecular Hbond substituents is 1. The molecule has 202 valence electrons. The van der Waals surface area contributed by atoms with Crippen LogP contribution < -0.4 is 10.6 Å². The van der Waals surface area contributed by atoms with Crippen LogP contribution in [0.4, 0.5) is 4.79 Å². The molecule has 1 aliphatic carbocycles. The number of rotatable bonds is 12. The van der Waals surface area contributed by atoms with E-state index in [-0.39, 0.29) is 23.6 Å². The molecule has 2 rings (SSSR count). The lowest BCUT2D eigenvalue weighted by molar-refractivity contribution is -0.147. The highest BCUT2D eigenvalue weighted by atomic mass is 32.2. The smallest absolute Gasteiger partial charge is 0.408 e. The van der Waals surface area contributed by atoms with Crippen molar-refractivity contribution in [2.45, 2.75) is 96.9 Å². The maximum atomic E-state index is 14.1. The Balaban J connectivity index is 2.46. The summed E-state index contributed by atoms with van der Waals surface area (Å²) >= 11 is 1.59. The quantitative estimate of drug-likeness (QED) is 0.345. The van der Waals surface area contributed by atoms with Gasteiger partial charge in [0, 0.05) is 12.6 Å². The summed E-state index contributed by atoms with van der Waals surface area (Å²) in [4.78, 5) is 42.0. The van der Waals surface area contributed by atoms with E-state index >= 15 is 0 Å². The zero-order valence-corrected chi connectivity index (χ0v) is 23.4. The number of nitrogens with zero attached hydrogens (tertiary/aromatic N) is 1. The molecule has 1 aromatic carbocycles. The standard InChI is InChI=1S/C27H43N3O5S/c1-7-8-15-28-24(32)23(19-12-13-22(31)18(2)17-19)30(20-10-9-11-20)25(33)21(14-16-36-6)29-26(34)35-27(3,4)5/h12-13,17,20-21,23,31H,7-11,14-16H2,1-6H3,(H,28,32)(H,29,34). The van der Waals surface area contributed by atoms with E-state index in [1.807, 2.05) is 6.26 Å². The van der Waals surface area contributed by atoms with Crippen LogP contribution in [0.5, 0.6) is 5.75 Å². The molecule has 2 atom stereocenters. The molecule has 0 heterocycles. The van der Waals surface area contributed by atoms with Crippen molar-refractivity contribution in [1.82, 2.24) is 15.5 Å². The first-order chi connectivity index (χ1) is 17.0. The van der Waals surface area contributed by atoms with Crippen molar-refractivity contribution in [3.8, 4) is 5.75 Å². The van der Waals surface area contributed by atoms with Crippen molar-refractivity contribution < 1.29 is 24.2 Å². The zero-order valence-electron chi connectivity index (χ0n) is 22.6. The van der Waals surface area contributed by atoms with Crippen LogP contribution in [0.3, 0.4) is 0 Å². The van der Waals surface area contributed by atoms with Gasteiger partial charge in [-0.25, -0.2) is 4.79 Å². The summed E-state index contributed by atoms with van der Waals surface area (Å²) in [7, 11) is 0. The number of phenols is 1. The van der Waals surface area contributed by atoms with Gasteiger partial charge in [-0.15, -0.1) is 0 Å². The van der Waals surface area contributed by atoms with Crippen LogP contribution >= 0.6 is 11.8 Å². The van der Waals surface area contributed by atoms with Gasteiger partial charge in [-0.2, -0.15) is 11.8 Å². The number of nitrogens with one attached hydrogen (secondary N) is 2. The molecule has 36 heavy (non-hydrogen) atoms. The average Bonchev–Trinajstić information content (AvgIpc) is 2.75. The molecule has 0 bridgehead atoms. The molecule has 2 unspecified atom stereocenters. The van der Waals surface area contributed by atoms with Gasteiger partial charge in [0.2, 0.25) is 11.8 Å². The molecule has 0 radical (unpaired) electrons. The van der Waals surface area contributed by atoms with Crippen LogP contribution in [0.2, 0.25) is 0 Å². The third-order valence-electron chi connectivity index (χ3n) is 6.21. The minimum atomic E-state index is -0.865. The highest BCUT2D eigenvalue weighted by Crippen LogP contribution is 2.35. The second kappa shape index (κ2) is 13.8. The number of carbonyl (C=O) groups excluding carboxylic acids is 3. The predicted octanol–water partition coefficient (Wildman–Crippen LogP) is 4.69. The summed E-state index contributed by atoms with van der Waals surface area (Å²) < 4.78 is 5.43. The van der Waals surface area contributed by atoms with E-state index in [4.69, 9.17) is 4.74 Å². The first-order valence-corrected chi connectivity index (χ1v) is 14.3. The molecule has 1 fully saturated rings. The Morgan fingerprint density at radius 3 is 2.47 bits per heavy atom. The number of thioether (sulfide) groups is 1. The van der Waals surface area contributed by atoms with E-state index in [1.54, 1.807) is 62.6 Å². The number of carbonyl (C=O) groups is 3. The number of ether oxygens (including phenoxy) is 1. The molecule has 0 saturated heterocycles. The van der Waals surface area contributed by atoms with Crippen LogP contribution in [0.15, 0.2) is 18.2 Å². The van der Waals surface area contributed by atoms with Gasteiger partial charge < -0.3 is 25.4 Å². The Hall–Kier alpha value is -2.42. The minimum absolute atomic E-state index is 0.106. The lowest BCUT2D eigenvalue weighted by atomic mass is 9.87. The number of hydrogen-bond acceptors (Lipinski definition) is 6. The van der Waals surface area contributed by atoms with Crippen molar-refractivity contribution in [1.29, 1.82) is 0 Å². The van der Waals surface area contributed by atoms with Gasteiger partial charge >= 0.3 is 6.09 Å². The molecule has 0 aliphatic heterocycles. The van der Waals surface area contributed by atoms with E-state index in [0.29, 0.717) is 29.8 Å². The van der Waals surface area contributed by atoms with Gasteiger partial charge in [0.15, 0.2) is 0 Å². The Kier molecular flexibility index (Phi) is 11.4. The van der Waals surface area contributed by atoms with Crippen molar-refractivity contribution >= 4 is 29.7 Å². The molecule has 1 saturated carbocycles. The Morgan fingerprint density at radius 1 is 1.25 bits per heavy atom. The molecule has 9 heteroatoms. The molecule has 8 nitrogen and oxygen atoms in total. The summed E-state index contributed by atoms with van der Waals surface area (Å²) in [5, 5.41) is 15.9. The van der Waals surface area contributed by atoms with Crippen molar-refractivity contribution in [2.24, 2.45) is 0 Å². The third kappa shape index (κ3) is 8.61. The maximum absolute atomic E-state index is 14.1. The summed E-state index contributed by atoms with van der Waals surface area (Å²) in [5.74, 6) is 0.252. The Bertz CT molecular complexity index is 898. The van der Waals surface area contributed by atoms with E-state index in [0.717, 1.165) is 32.1 Å². The predicted molar refractivity (Wildman–Crippen MR) is 144 cm³/mol. The summed E-state index contributed by atoms with van der Waals surface area (Å²) in [6, 6.07) is 3.23. The van der Waals surface area contributed by atoms with E-state index in [9.17, 15) is 19.5 Å². The normalized spacial score (nSPS) is 15.4. The van der Waals surface area contributed by atoms with Crippen molar-refractivity contribution in [3.63, 3.8) is 0 Å². The molecule has 0 aromatic heterocycles. The highest BCUT2D eigenvalue weighted by molar-refractivity contribution is 7.98. The molecule has 1 aromatic rings. The van der Waals surface area contributed by atoms with Gasteiger partial charge in [0.1, 0.15) is 23.4 Å². The van der Waals surface area contributed by atoms with Crippen LogP contribution in [0.25, 0.3) is 0 Å². The molecule has 3 amide bonds. The third-order valence-corrected chi connectivity index (χ3v) is 6.86. The van der Waals surface area contributed by atoms with Gasteiger partial charge in [0.25, 0.3) is 0 Å².